The van der Waals surface area contributed by atoms with Gasteiger partial charge in [0.1, 0.15) is 17.1 Å². The molecule has 0 radical (unpaired) electrons. The Morgan fingerprint density at radius 2 is 1.62 bits per heavy atom. The normalized spacial score (nSPS) is 11.5. The second-order valence-corrected chi connectivity index (χ2v) is 8.82. The monoisotopic (exact) mass is 557 g/mol. The van der Waals surface area contributed by atoms with E-state index < -0.39 is 41.7 Å². The molecular weight excluding hydrogens is 538 g/mol. The number of furan rings is 1. The smallest absolute Gasteiger partial charge is 0.287 e. The third-order valence-corrected chi connectivity index (χ3v) is 6.25. The van der Waals surface area contributed by atoms with E-state index in [-0.39, 0.29) is 18.1 Å². The Morgan fingerprint density at radius 1 is 0.923 bits per heavy atom. The summed E-state index contributed by atoms with van der Waals surface area (Å²) in [6.07, 6.45) is -4.44. The Balaban J connectivity index is 1.33. The van der Waals surface area contributed by atoms with E-state index in [1.54, 1.807) is 4.68 Å². The van der Waals surface area contributed by atoms with Gasteiger partial charge in [-0.15, -0.1) is 0 Å². The molecule has 0 fully saturated rings. The number of para-hydroxylation sites is 1. The molecule has 5 aromatic rings. The van der Waals surface area contributed by atoms with Crippen LogP contribution in [0, 0.1) is 0 Å². The number of rotatable bonds is 9. The molecule has 0 atom stereocenters. The van der Waals surface area contributed by atoms with Crippen molar-refractivity contribution in [1.82, 2.24) is 24.9 Å². The van der Waals surface area contributed by atoms with Crippen molar-refractivity contribution in [3.63, 3.8) is 0 Å². The Kier molecular flexibility index (Phi) is 7.51. The number of halogens is 5. The molecule has 5 rings (SSSR count). The van der Waals surface area contributed by atoms with E-state index >= 15 is 0 Å². The van der Waals surface area contributed by atoms with Gasteiger partial charge >= 0.3 is 0 Å². The number of carbonyl (C=O) groups is 1. The summed E-state index contributed by atoms with van der Waals surface area (Å²) in [5.74, 6) is -0.592. The SMILES string of the molecule is O=C(NCc1cn(-c2ccccc2)nc1-c1ccccc1)c1ccc(Cn2nc(C(F)F)c(Cl)c2C(F)F)o1. The van der Waals surface area contributed by atoms with Gasteiger partial charge in [-0.3, -0.25) is 9.48 Å². The lowest BCUT2D eigenvalue weighted by Gasteiger charge is -2.06. The van der Waals surface area contributed by atoms with Crippen LogP contribution >= 0.6 is 11.6 Å². The molecular formula is C27H20ClF4N5O2. The van der Waals surface area contributed by atoms with Crippen LogP contribution in [0.25, 0.3) is 16.9 Å². The van der Waals surface area contributed by atoms with Gasteiger partial charge in [0, 0.05) is 23.9 Å². The van der Waals surface area contributed by atoms with Gasteiger partial charge in [-0.2, -0.15) is 10.2 Å². The highest BCUT2D eigenvalue weighted by molar-refractivity contribution is 6.32. The first kappa shape index (κ1) is 26.2. The molecule has 1 N–H and O–H groups in total. The molecule has 1 amide bonds. The predicted octanol–water partition coefficient (Wildman–Crippen LogP) is 6.84. The zero-order chi connectivity index (χ0) is 27.5. The first-order valence-electron chi connectivity index (χ1n) is 11.7. The lowest BCUT2D eigenvalue weighted by Crippen LogP contribution is -2.22. The number of nitrogens with zero attached hydrogens (tertiary/aromatic N) is 4. The molecule has 39 heavy (non-hydrogen) atoms. The number of alkyl halides is 4. The summed E-state index contributed by atoms with van der Waals surface area (Å²) in [5, 5.41) is 10.2. The number of nitrogens with one attached hydrogen (secondary N) is 1. The van der Waals surface area contributed by atoms with E-state index in [0.717, 1.165) is 16.8 Å². The van der Waals surface area contributed by atoms with Crippen molar-refractivity contribution >= 4 is 17.5 Å². The summed E-state index contributed by atoms with van der Waals surface area (Å²) >= 11 is 5.69. The molecule has 0 unspecified atom stereocenters. The molecule has 2 aromatic carbocycles. The molecule has 0 saturated heterocycles. The van der Waals surface area contributed by atoms with Crippen molar-refractivity contribution in [3.8, 4) is 16.9 Å². The van der Waals surface area contributed by atoms with Gasteiger partial charge in [-0.25, -0.2) is 22.2 Å². The molecule has 200 valence electrons. The van der Waals surface area contributed by atoms with Crippen molar-refractivity contribution < 1.29 is 26.8 Å². The Labute approximate surface area is 224 Å². The molecule has 0 aliphatic rings. The van der Waals surface area contributed by atoms with Gasteiger partial charge < -0.3 is 9.73 Å². The average molecular weight is 558 g/mol. The van der Waals surface area contributed by atoms with Gasteiger partial charge in [-0.1, -0.05) is 60.1 Å². The van der Waals surface area contributed by atoms with Crippen LogP contribution in [-0.4, -0.2) is 25.5 Å². The fraction of sp³-hybridized carbons (Fsp3) is 0.148. The van der Waals surface area contributed by atoms with Crippen LogP contribution in [0.1, 0.15) is 46.1 Å². The third-order valence-electron chi connectivity index (χ3n) is 5.86. The van der Waals surface area contributed by atoms with Crippen LogP contribution < -0.4 is 5.32 Å². The third kappa shape index (κ3) is 5.58. The van der Waals surface area contributed by atoms with Gasteiger partial charge in [0.2, 0.25) is 0 Å². The number of hydrogen-bond donors (Lipinski definition) is 1. The van der Waals surface area contributed by atoms with E-state index in [2.05, 4.69) is 10.4 Å². The summed E-state index contributed by atoms with van der Waals surface area (Å²) in [6, 6.07) is 21.7. The summed E-state index contributed by atoms with van der Waals surface area (Å²) in [4.78, 5) is 12.8. The largest absolute Gasteiger partial charge is 0.454 e. The van der Waals surface area contributed by atoms with Crippen LogP contribution in [0.4, 0.5) is 17.6 Å². The van der Waals surface area contributed by atoms with Crippen LogP contribution in [0.2, 0.25) is 5.02 Å². The molecule has 7 nitrogen and oxygen atoms in total. The summed E-state index contributed by atoms with van der Waals surface area (Å²) in [6.45, 7) is -0.296. The highest BCUT2D eigenvalue weighted by Gasteiger charge is 2.28. The number of amides is 1. The van der Waals surface area contributed by atoms with Crippen LogP contribution in [0.5, 0.6) is 0 Å². The number of hydrogen-bond acceptors (Lipinski definition) is 4. The van der Waals surface area contributed by atoms with E-state index in [4.69, 9.17) is 21.1 Å². The predicted molar refractivity (Wildman–Crippen MR) is 135 cm³/mol. The molecule has 0 spiro atoms. The summed E-state index contributed by atoms with van der Waals surface area (Å²) < 4.78 is 61.0. The first-order valence-corrected chi connectivity index (χ1v) is 12.1. The Morgan fingerprint density at radius 3 is 2.28 bits per heavy atom. The lowest BCUT2D eigenvalue weighted by molar-refractivity contribution is 0.0920. The number of aromatic nitrogens is 4. The maximum atomic E-state index is 13.4. The van der Waals surface area contributed by atoms with Crippen LogP contribution in [0.15, 0.2) is 83.4 Å². The molecule has 12 heteroatoms. The first-order chi connectivity index (χ1) is 18.8. The van der Waals surface area contributed by atoms with Crippen molar-refractivity contribution in [2.45, 2.75) is 25.9 Å². The minimum absolute atomic E-state index is 0.0592. The van der Waals surface area contributed by atoms with E-state index in [0.29, 0.717) is 10.4 Å². The average Bonchev–Trinajstić information content (AvgIpc) is 3.66. The van der Waals surface area contributed by atoms with Crippen LogP contribution in [-0.2, 0) is 13.1 Å². The van der Waals surface area contributed by atoms with Crippen molar-refractivity contribution in [2.24, 2.45) is 0 Å². The molecule has 0 saturated carbocycles. The van der Waals surface area contributed by atoms with E-state index in [1.807, 2.05) is 66.9 Å². The standard InChI is InChI=1S/C27H20ClF4N5O2/c28-21-23(25(29)30)35-37(24(21)26(31)32)15-19-11-12-20(39-19)27(38)33-13-17-14-36(18-9-5-2-6-10-18)34-22(17)16-7-3-1-4-8-16/h1-12,14,25-26H,13,15H2,(H,33,38). The maximum absolute atomic E-state index is 13.4. The lowest BCUT2D eigenvalue weighted by atomic mass is 10.1. The second kappa shape index (κ2) is 11.2. The Bertz CT molecular complexity index is 1580. The minimum atomic E-state index is -3.13. The zero-order valence-corrected chi connectivity index (χ0v) is 20.8. The molecule has 3 aromatic heterocycles. The molecule has 3 heterocycles. The van der Waals surface area contributed by atoms with Crippen molar-refractivity contribution in [2.75, 3.05) is 0 Å². The van der Waals surface area contributed by atoms with Crippen molar-refractivity contribution in [3.05, 3.63) is 112 Å². The van der Waals surface area contributed by atoms with Crippen molar-refractivity contribution in [1.29, 1.82) is 0 Å². The molecule has 0 bridgehead atoms. The summed E-state index contributed by atoms with van der Waals surface area (Å²) in [5.41, 5.74) is 1.36. The maximum Gasteiger partial charge on any atom is 0.287 e. The molecule has 0 aliphatic heterocycles. The number of benzene rings is 2. The molecule has 0 aliphatic carbocycles. The highest BCUT2D eigenvalue weighted by atomic mass is 35.5. The topological polar surface area (TPSA) is 77.9 Å². The fourth-order valence-electron chi connectivity index (χ4n) is 4.03. The van der Waals surface area contributed by atoms with E-state index in [1.165, 1.54) is 12.1 Å². The van der Waals surface area contributed by atoms with Gasteiger partial charge in [0.25, 0.3) is 18.8 Å². The van der Waals surface area contributed by atoms with E-state index in [9.17, 15) is 22.4 Å². The highest BCUT2D eigenvalue weighted by Crippen LogP contribution is 2.35. The Hall–Kier alpha value is -4.38. The quantitative estimate of drug-likeness (QED) is 0.201. The minimum Gasteiger partial charge on any atom is -0.454 e. The fourth-order valence-corrected chi connectivity index (χ4v) is 4.33. The zero-order valence-electron chi connectivity index (χ0n) is 20.1. The van der Waals surface area contributed by atoms with Crippen LogP contribution in [0.3, 0.4) is 0 Å². The van der Waals surface area contributed by atoms with Gasteiger partial charge in [-0.05, 0) is 24.3 Å². The van der Waals surface area contributed by atoms with Gasteiger partial charge in [0.05, 0.1) is 22.9 Å². The second-order valence-electron chi connectivity index (χ2n) is 8.44. The van der Waals surface area contributed by atoms with Gasteiger partial charge in [0.15, 0.2) is 5.76 Å². The summed E-state index contributed by atoms with van der Waals surface area (Å²) in [7, 11) is 0. The number of carbonyl (C=O) groups excluding carboxylic acids is 1.